The fourth-order valence-corrected chi connectivity index (χ4v) is 3.43. The maximum absolute atomic E-state index is 12.7. The van der Waals surface area contributed by atoms with Crippen molar-refractivity contribution in [3.63, 3.8) is 0 Å². The van der Waals surface area contributed by atoms with Gasteiger partial charge in [0.15, 0.2) is 0 Å². The molecular formula is C17H25N3O. The van der Waals surface area contributed by atoms with Gasteiger partial charge in [-0.05, 0) is 63.0 Å². The summed E-state index contributed by atoms with van der Waals surface area (Å²) in [7, 11) is 4.08. The summed E-state index contributed by atoms with van der Waals surface area (Å²) < 4.78 is 0. The Morgan fingerprint density at radius 3 is 3.05 bits per heavy atom. The molecule has 0 aromatic heterocycles. The highest BCUT2D eigenvalue weighted by atomic mass is 16.2. The third-order valence-corrected chi connectivity index (χ3v) is 4.76. The minimum Gasteiger partial charge on any atom is -0.385 e. The van der Waals surface area contributed by atoms with E-state index in [0.29, 0.717) is 6.04 Å². The molecule has 1 saturated heterocycles. The lowest BCUT2D eigenvalue weighted by Gasteiger charge is -2.36. The van der Waals surface area contributed by atoms with Gasteiger partial charge in [-0.1, -0.05) is 0 Å². The summed E-state index contributed by atoms with van der Waals surface area (Å²) in [4.78, 5) is 17.0. The van der Waals surface area contributed by atoms with Crippen molar-refractivity contribution in [3.05, 3.63) is 29.3 Å². The second kappa shape index (κ2) is 6.06. The molecule has 0 aliphatic carbocycles. The van der Waals surface area contributed by atoms with Crippen LogP contribution >= 0.6 is 0 Å². The number of carbonyl (C=O) groups excluding carboxylic acids is 1. The number of anilines is 1. The number of aryl methyl sites for hydroxylation is 1. The number of likely N-dealkylation sites (N-methyl/N-ethyl adjacent to an activating group) is 2. The van der Waals surface area contributed by atoms with Crippen LogP contribution in [0.3, 0.4) is 0 Å². The summed E-state index contributed by atoms with van der Waals surface area (Å²) in [5.41, 5.74) is 3.30. The van der Waals surface area contributed by atoms with Crippen molar-refractivity contribution < 1.29 is 4.79 Å². The first-order valence-electron chi connectivity index (χ1n) is 7.97. The number of nitrogens with zero attached hydrogens (tertiary/aromatic N) is 2. The highest BCUT2D eigenvalue weighted by Crippen LogP contribution is 2.24. The molecule has 2 heterocycles. The number of fused-ring (bicyclic) bond motifs is 1. The SMILES string of the molecule is CN1CCCC(N(C)C(=O)c2ccc3c(c2)CCCN3)C1. The second-order valence-corrected chi connectivity index (χ2v) is 6.38. The Hall–Kier alpha value is -1.55. The Balaban J connectivity index is 1.75. The Kier molecular flexibility index (Phi) is 4.15. The molecule has 1 amide bonds. The quantitative estimate of drug-likeness (QED) is 0.906. The predicted octanol–water partition coefficient (Wildman–Crippen LogP) is 2.21. The summed E-state index contributed by atoms with van der Waals surface area (Å²) >= 11 is 0. The number of amides is 1. The van der Waals surface area contributed by atoms with Gasteiger partial charge in [0.1, 0.15) is 0 Å². The zero-order chi connectivity index (χ0) is 14.8. The summed E-state index contributed by atoms with van der Waals surface area (Å²) in [5.74, 6) is 0.156. The molecule has 2 aliphatic heterocycles. The molecule has 1 N–H and O–H groups in total. The Morgan fingerprint density at radius 1 is 1.38 bits per heavy atom. The molecule has 114 valence electrons. The fraction of sp³-hybridized carbons (Fsp3) is 0.588. The lowest BCUT2D eigenvalue weighted by Crippen LogP contribution is -2.47. The van der Waals surface area contributed by atoms with Crippen molar-refractivity contribution in [2.45, 2.75) is 31.7 Å². The van der Waals surface area contributed by atoms with Gasteiger partial charge in [0.2, 0.25) is 0 Å². The Labute approximate surface area is 127 Å². The third-order valence-electron chi connectivity index (χ3n) is 4.76. The molecule has 0 radical (unpaired) electrons. The monoisotopic (exact) mass is 287 g/mol. The molecule has 1 fully saturated rings. The molecule has 21 heavy (non-hydrogen) atoms. The van der Waals surface area contributed by atoms with Gasteiger partial charge in [-0.25, -0.2) is 0 Å². The summed E-state index contributed by atoms with van der Waals surface area (Å²) in [6, 6.07) is 6.43. The van der Waals surface area contributed by atoms with Gasteiger partial charge in [0.05, 0.1) is 0 Å². The lowest BCUT2D eigenvalue weighted by molar-refractivity contribution is 0.0644. The third kappa shape index (κ3) is 3.05. The van der Waals surface area contributed by atoms with Crippen molar-refractivity contribution >= 4 is 11.6 Å². The number of hydrogen-bond acceptors (Lipinski definition) is 3. The summed E-state index contributed by atoms with van der Waals surface area (Å²) in [5, 5.41) is 3.40. The van der Waals surface area contributed by atoms with Crippen LogP contribution in [0.4, 0.5) is 5.69 Å². The van der Waals surface area contributed by atoms with Gasteiger partial charge >= 0.3 is 0 Å². The van der Waals surface area contributed by atoms with E-state index < -0.39 is 0 Å². The first-order valence-corrected chi connectivity index (χ1v) is 7.97. The van der Waals surface area contributed by atoms with Gasteiger partial charge in [-0.15, -0.1) is 0 Å². The highest BCUT2D eigenvalue weighted by molar-refractivity contribution is 5.95. The Morgan fingerprint density at radius 2 is 2.24 bits per heavy atom. The van der Waals surface area contributed by atoms with E-state index in [-0.39, 0.29) is 5.91 Å². The van der Waals surface area contributed by atoms with Gasteiger partial charge in [0.25, 0.3) is 5.91 Å². The molecule has 0 spiro atoms. The number of benzene rings is 1. The minimum absolute atomic E-state index is 0.156. The molecule has 1 aromatic rings. The van der Waals surface area contributed by atoms with E-state index in [1.807, 2.05) is 18.0 Å². The van der Waals surface area contributed by atoms with Crippen molar-refractivity contribution in [2.75, 3.05) is 39.0 Å². The van der Waals surface area contributed by atoms with Crippen molar-refractivity contribution in [3.8, 4) is 0 Å². The van der Waals surface area contributed by atoms with E-state index in [1.165, 1.54) is 17.7 Å². The van der Waals surface area contributed by atoms with E-state index in [4.69, 9.17) is 0 Å². The van der Waals surface area contributed by atoms with Crippen LogP contribution < -0.4 is 5.32 Å². The zero-order valence-corrected chi connectivity index (χ0v) is 13.1. The van der Waals surface area contributed by atoms with E-state index in [1.54, 1.807) is 0 Å². The standard InChI is InChI=1S/C17H25N3O/c1-19-10-4-6-15(12-19)20(2)17(21)14-7-8-16-13(11-14)5-3-9-18-16/h7-8,11,15,18H,3-6,9-10,12H2,1-2H3. The molecule has 1 atom stereocenters. The van der Waals surface area contributed by atoms with Crippen molar-refractivity contribution in [1.29, 1.82) is 0 Å². The molecule has 0 bridgehead atoms. The molecule has 4 heteroatoms. The number of hydrogen-bond donors (Lipinski definition) is 1. The van der Waals surface area contributed by atoms with Gasteiger partial charge in [0, 0.05) is 37.4 Å². The average Bonchev–Trinajstić information content (AvgIpc) is 2.53. The van der Waals surface area contributed by atoms with Crippen LogP contribution in [0.2, 0.25) is 0 Å². The first kappa shape index (κ1) is 14.4. The zero-order valence-electron chi connectivity index (χ0n) is 13.1. The maximum atomic E-state index is 12.7. The van der Waals surface area contributed by atoms with Crippen LogP contribution in [0.25, 0.3) is 0 Å². The normalized spacial score (nSPS) is 22.3. The minimum atomic E-state index is 0.156. The Bertz CT molecular complexity index is 529. The molecule has 4 nitrogen and oxygen atoms in total. The molecule has 1 aromatic carbocycles. The van der Waals surface area contributed by atoms with Crippen LogP contribution in [0.1, 0.15) is 35.2 Å². The highest BCUT2D eigenvalue weighted by Gasteiger charge is 2.25. The fourth-order valence-electron chi connectivity index (χ4n) is 3.43. The van der Waals surface area contributed by atoms with E-state index in [0.717, 1.165) is 44.5 Å². The number of carbonyl (C=O) groups is 1. The van der Waals surface area contributed by atoms with E-state index >= 15 is 0 Å². The second-order valence-electron chi connectivity index (χ2n) is 6.38. The molecular weight excluding hydrogens is 262 g/mol. The largest absolute Gasteiger partial charge is 0.385 e. The summed E-state index contributed by atoms with van der Waals surface area (Å²) in [6.45, 7) is 3.16. The predicted molar refractivity (Wildman–Crippen MR) is 85.9 cm³/mol. The van der Waals surface area contributed by atoms with Crippen LogP contribution in [0.15, 0.2) is 18.2 Å². The van der Waals surface area contributed by atoms with Crippen LogP contribution in [0.5, 0.6) is 0 Å². The van der Waals surface area contributed by atoms with Crippen LogP contribution in [-0.2, 0) is 6.42 Å². The number of nitrogens with one attached hydrogen (secondary N) is 1. The molecule has 1 unspecified atom stereocenters. The van der Waals surface area contributed by atoms with Crippen LogP contribution in [0, 0.1) is 0 Å². The smallest absolute Gasteiger partial charge is 0.253 e. The first-order chi connectivity index (χ1) is 10.1. The topological polar surface area (TPSA) is 35.6 Å². The van der Waals surface area contributed by atoms with Crippen LogP contribution in [-0.4, -0.2) is 55.5 Å². The molecule has 3 rings (SSSR count). The van der Waals surface area contributed by atoms with Crippen molar-refractivity contribution in [1.82, 2.24) is 9.80 Å². The van der Waals surface area contributed by atoms with E-state index in [9.17, 15) is 4.79 Å². The number of rotatable bonds is 2. The molecule has 2 aliphatic rings. The lowest BCUT2D eigenvalue weighted by atomic mass is 9.99. The number of likely N-dealkylation sites (tertiary alicyclic amines) is 1. The molecule has 0 saturated carbocycles. The maximum Gasteiger partial charge on any atom is 0.253 e. The van der Waals surface area contributed by atoms with Crippen molar-refractivity contribution in [2.24, 2.45) is 0 Å². The average molecular weight is 287 g/mol. The van der Waals surface area contributed by atoms with Gasteiger partial charge in [-0.2, -0.15) is 0 Å². The van der Waals surface area contributed by atoms with Gasteiger partial charge < -0.3 is 15.1 Å². The summed E-state index contributed by atoms with van der Waals surface area (Å²) in [6.07, 6.45) is 4.50. The van der Waals surface area contributed by atoms with Gasteiger partial charge in [-0.3, -0.25) is 4.79 Å². The number of piperidine rings is 1. The van der Waals surface area contributed by atoms with E-state index in [2.05, 4.69) is 29.4 Å².